The summed E-state index contributed by atoms with van der Waals surface area (Å²) >= 11 is 0. The molecule has 16 nitrogen and oxygen atoms in total. The maximum atomic E-state index is 13.4. The number of carbonyl (C=O) groups is 6. The van der Waals surface area contributed by atoms with Crippen LogP contribution in [0.2, 0.25) is 0 Å². The van der Waals surface area contributed by atoms with Crippen LogP contribution in [0.3, 0.4) is 0 Å². The van der Waals surface area contributed by atoms with E-state index in [4.69, 9.17) is 15.9 Å². The van der Waals surface area contributed by atoms with E-state index in [-0.39, 0.29) is 45.2 Å². The highest BCUT2D eigenvalue weighted by atomic mass is 16.6. The van der Waals surface area contributed by atoms with Gasteiger partial charge in [-0.3, -0.25) is 14.4 Å². The molecule has 3 aromatic rings. The lowest BCUT2D eigenvalue weighted by atomic mass is 9.98. The van der Waals surface area contributed by atoms with Gasteiger partial charge in [-0.25, -0.2) is 14.4 Å². The Labute approximate surface area is 343 Å². The van der Waals surface area contributed by atoms with E-state index in [2.05, 4.69) is 44.6 Å². The number of anilines is 1. The van der Waals surface area contributed by atoms with Crippen LogP contribution in [-0.4, -0.2) is 96.0 Å². The number of benzene rings is 3. The summed E-state index contributed by atoms with van der Waals surface area (Å²) < 4.78 is 10.5. The van der Waals surface area contributed by atoms with Crippen molar-refractivity contribution in [1.82, 2.24) is 26.2 Å². The molecule has 16 heteroatoms. The van der Waals surface area contributed by atoms with Gasteiger partial charge in [-0.2, -0.15) is 0 Å². The number of carbonyl (C=O) groups excluding carboxylic acids is 5. The number of terminal acetylenes is 1. The van der Waals surface area contributed by atoms with Crippen LogP contribution in [0.1, 0.15) is 68.2 Å². The molecule has 0 saturated heterocycles. The van der Waals surface area contributed by atoms with Crippen LogP contribution in [0.5, 0.6) is 0 Å². The van der Waals surface area contributed by atoms with Gasteiger partial charge >= 0.3 is 18.3 Å². The van der Waals surface area contributed by atoms with E-state index in [9.17, 15) is 39.0 Å². The van der Waals surface area contributed by atoms with Crippen LogP contribution in [0, 0.1) is 18.3 Å². The first kappa shape index (κ1) is 45.1. The lowest BCUT2D eigenvalue weighted by Gasteiger charge is -2.26. The second-order valence-corrected chi connectivity index (χ2v) is 14.5. The molecule has 1 aliphatic rings. The number of hydrogen-bond donors (Lipinski definition) is 7. The Balaban J connectivity index is 1.31. The van der Waals surface area contributed by atoms with Gasteiger partial charge in [0.05, 0.1) is 6.61 Å². The van der Waals surface area contributed by atoms with Gasteiger partial charge < -0.3 is 51.2 Å². The number of ether oxygens (including phenoxy) is 2. The van der Waals surface area contributed by atoms with Gasteiger partial charge in [-0.05, 0) is 77.6 Å². The van der Waals surface area contributed by atoms with Crippen molar-refractivity contribution in [2.75, 3.05) is 32.1 Å². The van der Waals surface area contributed by atoms with Crippen LogP contribution >= 0.6 is 0 Å². The Bertz CT molecular complexity index is 1990. The topological polar surface area (TPSA) is 225 Å². The zero-order chi connectivity index (χ0) is 43.1. The molecule has 7 N–H and O–H groups in total. The average molecular weight is 813 g/mol. The van der Waals surface area contributed by atoms with Crippen molar-refractivity contribution in [2.45, 2.75) is 77.2 Å². The molecular formula is C43H52N6O10. The highest BCUT2D eigenvalue weighted by Gasteiger charge is 2.31. The maximum Gasteiger partial charge on any atom is 0.409 e. The lowest BCUT2D eigenvalue weighted by molar-refractivity contribution is -0.132. The summed E-state index contributed by atoms with van der Waals surface area (Å²) in [5.41, 5.74) is 5.84. The Morgan fingerprint density at radius 1 is 0.831 bits per heavy atom. The molecule has 0 fully saturated rings. The van der Waals surface area contributed by atoms with E-state index in [1.54, 1.807) is 39.1 Å². The minimum atomic E-state index is -1.43. The van der Waals surface area contributed by atoms with Gasteiger partial charge in [0.25, 0.3) is 0 Å². The fraction of sp³-hybridized carbons (Fsp3) is 0.395. The Morgan fingerprint density at radius 2 is 1.49 bits per heavy atom. The molecule has 3 aromatic carbocycles. The van der Waals surface area contributed by atoms with Gasteiger partial charge in [-0.1, -0.05) is 74.4 Å². The predicted octanol–water partition coefficient (Wildman–Crippen LogP) is 4.31. The van der Waals surface area contributed by atoms with Crippen LogP contribution in [-0.2, 0) is 37.0 Å². The number of hydrogen-bond acceptors (Lipinski definition) is 9. The molecule has 0 spiro atoms. The number of alkyl carbamates (subject to hydrolysis) is 1. The van der Waals surface area contributed by atoms with Crippen molar-refractivity contribution < 1.29 is 48.5 Å². The fourth-order valence-electron chi connectivity index (χ4n) is 6.68. The van der Waals surface area contributed by atoms with E-state index in [0.29, 0.717) is 29.7 Å². The molecule has 1 aliphatic carbocycles. The molecule has 0 saturated carbocycles. The Kier molecular flexibility index (Phi) is 16.7. The van der Waals surface area contributed by atoms with Gasteiger partial charge in [0.2, 0.25) is 17.7 Å². The highest BCUT2D eigenvalue weighted by molar-refractivity contribution is 5.98. The first-order chi connectivity index (χ1) is 28.2. The van der Waals surface area contributed by atoms with E-state index < -0.39 is 60.0 Å². The maximum absolute atomic E-state index is 13.4. The van der Waals surface area contributed by atoms with Gasteiger partial charge in [0.15, 0.2) is 6.61 Å². The minimum Gasteiger partial charge on any atom is -0.465 e. The number of fused-ring (bicyclic) bond motifs is 3. The van der Waals surface area contributed by atoms with Crippen LogP contribution in [0.15, 0.2) is 66.7 Å². The smallest absolute Gasteiger partial charge is 0.409 e. The predicted molar refractivity (Wildman–Crippen MR) is 219 cm³/mol. The molecule has 3 unspecified atom stereocenters. The van der Waals surface area contributed by atoms with Crippen LogP contribution < -0.4 is 26.6 Å². The monoisotopic (exact) mass is 812 g/mol. The number of carboxylic acid groups (broad SMARTS) is 1. The second-order valence-electron chi connectivity index (χ2n) is 14.5. The molecule has 0 aliphatic heterocycles. The van der Waals surface area contributed by atoms with Gasteiger partial charge in [0, 0.05) is 31.7 Å². The number of amides is 6. The third-order valence-electron chi connectivity index (χ3n) is 9.79. The van der Waals surface area contributed by atoms with E-state index in [1.807, 2.05) is 36.4 Å². The van der Waals surface area contributed by atoms with Crippen LogP contribution in [0.4, 0.5) is 20.1 Å². The Hall–Kier alpha value is -6.60. The number of aliphatic hydroxyl groups is 1. The molecule has 3 atom stereocenters. The minimum absolute atomic E-state index is 0.0642. The summed E-state index contributed by atoms with van der Waals surface area (Å²) in [6, 6.07) is 17.5. The number of aliphatic hydroxyl groups excluding tert-OH is 1. The number of unbranched alkanes of at least 4 members (excludes halogenated alkanes) is 1. The summed E-state index contributed by atoms with van der Waals surface area (Å²) in [4.78, 5) is 77.4. The van der Waals surface area contributed by atoms with Crippen molar-refractivity contribution in [2.24, 2.45) is 5.92 Å². The summed E-state index contributed by atoms with van der Waals surface area (Å²) in [6.07, 6.45) is 3.17. The second kappa shape index (κ2) is 21.8. The Morgan fingerprint density at radius 3 is 2.10 bits per heavy atom. The first-order valence-corrected chi connectivity index (χ1v) is 19.3. The SMILES string of the molecule is C#CCOC(=O)NCCCCC(NC(=O)O)C(=O)NC(C(=O)NC(C)C(=O)Nc1ccc(CO)c(CN(C)C(=O)OCC2c3ccccc3-c3ccccc32)c1)C(C)C. The molecule has 0 radical (unpaired) electrons. The molecule has 59 heavy (non-hydrogen) atoms. The van der Waals surface area contributed by atoms with E-state index in [0.717, 1.165) is 22.3 Å². The van der Waals surface area contributed by atoms with Crippen molar-refractivity contribution in [3.8, 4) is 23.5 Å². The summed E-state index contributed by atoms with van der Waals surface area (Å²) in [5.74, 6) is -0.375. The van der Waals surface area contributed by atoms with Gasteiger partial charge in [-0.15, -0.1) is 6.42 Å². The van der Waals surface area contributed by atoms with Crippen molar-refractivity contribution >= 4 is 41.7 Å². The summed E-state index contributed by atoms with van der Waals surface area (Å²) in [7, 11) is 1.58. The third kappa shape index (κ3) is 12.7. The van der Waals surface area contributed by atoms with Crippen molar-refractivity contribution in [3.05, 3.63) is 89.0 Å². The normalized spacial score (nSPS) is 13.0. The lowest BCUT2D eigenvalue weighted by Crippen LogP contribution is -2.57. The zero-order valence-electron chi connectivity index (χ0n) is 33.6. The zero-order valence-corrected chi connectivity index (χ0v) is 33.6. The molecule has 0 aromatic heterocycles. The molecule has 314 valence electrons. The van der Waals surface area contributed by atoms with Crippen molar-refractivity contribution in [1.29, 1.82) is 0 Å². The largest absolute Gasteiger partial charge is 0.465 e. The number of nitrogens with one attached hydrogen (secondary N) is 5. The molecule has 6 amide bonds. The van der Waals surface area contributed by atoms with E-state index >= 15 is 0 Å². The average Bonchev–Trinajstić information content (AvgIpc) is 3.53. The molecule has 4 rings (SSSR count). The molecule has 0 heterocycles. The molecular weight excluding hydrogens is 761 g/mol. The van der Waals surface area contributed by atoms with Crippen LogP contribution in [0.25, 0.3) is 11.1 Å². The highest BCUT2D eigenvalue weighted by Crippen LogP contribution is 2.44. The number of rotatable bonds is 19. The quantitative estimate of drug-likeness (QED) is 0.0671. The number of nitrogens with zero attached hydrogens (tertiary/aromatic N) is 1. The van der Waals surface area contributed by atoms with E-state index in [1.165, 1.54) is 11.8 Å². The summed E-state index contributed by atoms with van der Waals surface area (Å²) in [5, 5.41) is 32.0. The summed E-state index contributed by atoms with van der Waals surface area (Å²) in [6.45, 7) is 4.73. The first-order valence-electron chi connectivity index (χ1n) is 19.3. The van der Waals surface area contributed by atoms with Gasteiger partial charge in [0.1, 0.15) is 24.7 Å². The van der Waals surface area contributed by atoms with Crippen molar-refractivity contribution in [3.63, 3.8) is 0 Å². The molecule has 0 bridgehead atoms. The third-order valence-corrected chi connectivity index (χ3v) is 9.79. The standard InChI is InChI=1S/C43H52N6O10/c1-6-21-58-42(56)44-20-12-11-17-36(47-41(54)55)39(52)48-37(26(2)3)40(53)45-27(4)38(51)46-30-19-18-28(24-50)29(22-30)23-49(5)43(57)59-25-35-33-15-9-7-13-31(33)32-14-8-10-16-34(32)35/h1,7-10,13-16,18-19,22,26-27,35-37,47,50H,11-12,17,20-21,23-25H2,2-5H3,(H,44,56)(H,45,53)(H,46,51)(H,48,52)(H,54,55). The fourth-order valence-corrected chi connectivity index (χ4v) is 6.68.